The van der Waals surface area contributed by atoms with E-state index < -0.39 is 11.6 Å². The lowest BCUT2D eigenvalue weighted by molar-refractivity contribution is 0.588. The van der Waals surface area contributed by atoms with Crippen LogP contribution in [0.25, 0.3) is 16.8 Å². The second-order valence-electron chi connectivity index (χ2n) is 4.79. The molecule has 110 valence electrons. The van der Waals surface area contributed by atoms with Gasteiger partial charge in [0.25, 0.3) is 0 Å². The molecule has 0 unspecified atom stereocenters. The molecule has 1 aromatic heterocycles. The molecule has 0 saturated carbocycles. The van der Waals surface area contributed by atoms with E-state index in [1.165, 1.54) is 0 Å². The second-order valence-corrected chi connectivity index (χ2v) is 4.79. The van der Waals surface area contributed by atoms with Crippen molar-refractivity contribution >= 4 is 11.3 Å². The van der Waals surface area contributed by atoms with Gasteiger partial charge in [0.05, 0.1) is 11.3 Å². The molecule has 0 radical (unpaired) electrons. The van der Waals surface area contributed by atoms with E-state index in [9.17, 15) is 8.78 Å². The summed E-state index contributed by atoms with van der Waals surface area (Å²) >= 11 is 0. The summed E-state index contributed by atoms with van der Waals surface area (Å²) in [5, 5.41) is 0. The molecule has 21 heavy (non-hydrogen) atoms. The highest BCUT2D eigenvalue weighted by molar-refractivity contribution is 5.85. The van der Waals surface area contributed by atoms with Crippen molar-refractivity contribution in [2.75, 3.05) is 5.73 Å². The molecule has 0 saturated heterocycles. The van der Waals surface area contributed by atoms with Crippen molar-refractivity contribution in [3.05, 3.63) is 59.8 Å². The summed E-state index contributed by atoms with van der Waals surface area (Å²) in [5.41, 5.74) is 7.68. The normalized spacial score (nSPS) is 12.3. The van der Waals surface area contributed by atoms with Gasteiger partial charge < -0.3 is 10.3 Å². The molecule has 0 bridgehead atoms. The summed E-state index contributed by atoms with van der Waals surface area (Å²) in [5.74, 6) is -1.32. The van der Waals surface area contributed by atoms with E-state index in [-0.39, 0.29) is 11.3 Å². The molecule has 0 aliphatic rings. The minimum atomic E-state index is -0.661. The van der Waals surface area contributed by atoms with Crippen LogP contribution in [0.4, 0.5) is 14.5 Å². The number of nitrogen functional groups attached to an aromatic ring is 1. The van der Waals surface area contributed by atoms with E-state index in [2.05, 4.69) is 0 Å². The van der Waals surface area contributed by atoms with Crippen LogP contribution < -0.4 is 5.73 Å². The summed E-state index contributed by atoms with van der Waals surface area (Å²) in [6.07, 6.45) is 7.49. The van der Waals surface area contributed by atoms with E-state index in [1.807, 2.05) is 38.1 Å². The fourth-order valence-corrected chi connectivity index (χ4v) is 2.41. The molecule has 0 aliphatic carbocycles. The van der Waals surface area contributed by atoms with E-state index in [4.69, 9.17) is 5.73 Å². The minimum Gasteiger partial charge on any atom is -0.399 e. The van der Waals surface area contributed by atoms with Crippen LogP contribution in [-0.2, 0) is 7.05 Å². The largest absolute Gasteiger partial charge is 0.399 e. The molecule has 2 aromatic rings. The van der Waals surface area contributed by atoms with Crippen molar-refractivity contribution in [1.29, 1.82) is 0 Å². The van der Waals surface area contributed by atoms with Gasteiger partial charge in [0.15, 0.2) is 0 Å². The van der Waals surface area contributed by atoms with Crippen LogP contribution in [0.2, 0.25) is 0 Å². The van der Waals surface area contributed by atoms with E-state index in [0.29, 0.717) is 5.69 Å². The van der Waals surface area contributed by atoms with E-state index >= 15 is 0 Å². The fraction of sp³-hybridized carbons (Fsp3) is 0.176. The number of benzene rings is 1. The average Bonchev–Trinajstić information content (AvgIpc) is 2.77. The monoisotopic (exact) mass is 288 g/mol. The lowest BCUT2D eigenvalue weighted by atomic mass is 9.99. The second kappa shape index (κ2) is 5.95. The summed E-state index contributed by atoms with van der Waals surface area (Å²) in [7, 11) is 1.76. The predicted molar refractivity (Wildman–Crippen MR) is 83.6 cm³/mol. The van der Waals surface area contributed by atoms with Crippen LogP contribution in [-0.4, -0.2) is 4.57 Å². The smallest absolute Gasteiger partial charge is 0.137 e. The van der Waals surface area contributed by atoms with Gasteiger partial charge in [-0.3, -0.25) is 0 Å². The van der Waals surface area contributed by atoms with Crippen molar-refractivity contribution in [3.63, 3.8) is 0 Å². The molecule has 0 amide bonds. The number of anilines is 1. The van der Waals surface area contributed by atoms with Gasteiger partial charge in [0.2, 0.25) is 0 Å². The molecule has 4 heteroatoms. The first-order chi connectivity index (χ1) is 9.99. The number of aromatic nitrogens is 1. The van der Waals surface area contributed by atoms with Crippen LogP contribution in [0.3, 0.4) is 0 Å². The Balaban J connectivity index is 2.74. The van der Waals surface area contributed by atoms with Gasteiger partial charge in [0, 0.05) is 24.5 Å². The van der Waals surface area contributed by atoms with Crippen LogP contribution >= 0.6 is 0 Å². The fourth-order valence-electron chi connectivity index (χ4n) is 2.41. The zero-order valence-corrected chi connectivity index (χ0v) is 12.3. The first-order valence-electron chi connectivity index (χ1n) is 6.69. The van der Waals surface area contributed by atoms with Crippen LogP contribution in [0.1, 0.15) is 19.4 Å². The zero-order valence-electron chi connectivity index (χ0n) is 12.3. The maximum Gasteiger partial charge on any atom is 0.137 e. The molecular formula is C17H18F2N2. The Bertz CT molecular complexity index is 701. The molecule has 2 rings (SSSR count). The number of hydrogen-bond donors (Lipinski definition) is 1. The highest BCUT2D eigenvalue weighted by Gasteiger charge is 2.19. The Morgan fingerprint density at radius 3 is 2.33 bits per heavy atom. The Morgan fingerprint density at radius 1 is 1.19 bits per heavy atom. The summed E-state index contributed by atoms with van der Waals surface area (Å²) in [6, 6.07) is 4.13. The van der Waals surface area contributed by atoms with Gasteiger partial charge in [-0.25, -0.2) is 8.78 Å². The van der Waals surface area contributed by atoms with Gasteiger partial charge in [0.1, 0.15) is 11.6 Å². The van der Waals surface area contributed by atoms with Gasteiger partial charge >= 0.3 is 0 Å². The quantitative estimate of drug-likeness (QED) is 0.653. The number of hydrogen-bond acceptors (Lipinski definition) is 1. The van der Waals surface area contributed by atoms with Gasteiger partial charge in [-0.1, -0.05) is 18.2 Å². The molecular weight excluding hydrogens is 270 g/mol. The molecule has 0 atom stereocenters. The molecule has 2 nitrogen and oxygen atoms in total. The molecule has 0 spiro atoms. The van der Waals surface area contributed by atoms with Gasteiger partial charge in [-0.05, 0) is 37.6 Å². The minimum absolute atomic E-state index is 0.0597. The lowest BCUT2D eigenvalue weighted by Gasteiger charge is -2.12. The first-order valence-corrected chi connectivity index (χ1v) is 6.69. The van der Waals surface area contributed by atoms with Crippen molar-refractivity contribution < 1.29 is 8.78 Å². The van der Waals surface area contributed by atoms with Crippen LogP contribution in [0.5, 0.6) is 0 Å². The lowest BCUT2D eigenvalue weighted by Crippen LogP contribution is -2.00. The number of nitrogens with two attached hydrogens (primary N) is 1. The van der Waals surface area contributed by atoms with Crippen molar-refractivity contribution in [2.24, 2.45) is 7.05 Å². The van der Waals surface area contributed by atoms with E-state index in [1.54, 1.807) is 17.8 Å². The number of rotatable bonds is 3. The summed E-state index contributed by atoms with van der Waals surface area (Å²) < 4.78 is 30.1. The molecule has 0 fully saturated rings. The van der Waals surface area contributed by atoms with Gasteiger partial charge in [-0.2, -0.15) is 0 Å². The standard InChI is InChI=1S/C17H18F2N2/c1-4-6-11(5-2)13-7-8-21(3)17(13)16-14(18)9-12(20)10-15(16)19/h4-10H,20H2,1-3H3/b6-4-,11-5+. The number of aryl methyl sites for hydroxylation is 1. The molecule has 2 N–H and O–H groups in total. The molecule has 0 aliphatic heterocycles. The topological polar surface area (TPSA) is 30.9 Å². The Kier molecular flexibility index (Phi) is 4.26. The highest BCUT2D eigenvalue weighted by Crippen LogP contribution is 2.34. The zero-order chi connectivity index (χ0) is 15.6. The van der Waals surface area contributed by atoms with Crippen LogP contribution in [0.15, 0.2) is 42.6 Å². The third-order valence-electron chi connectivity index (χ3n) is 3.34. The van der Waals surface area contributed by atoms with Crippen LogP contribution in [0, 0.1) is 11.6 Å². The Labute approximate surface area is 123 Å². The highest BCUT2D eigenvalue weighted by atomic mass is 19.1. The number of halogens is 2. The first kappa shape index (κ1) is 15.0. The Hall–Kier alpha value is -2.36. The summed E-state index contributed by atoms with van der Waals surface area (Å²) in [6.45, 7) is 3.79. The summed E-state index contributed by atoms with van der Waals surface area (Å²) in [4.78, 5) is 0. The SMILES string of the molecule is C/C=C\C(=C/C)c1ccn(C)c1-c1c(F)cc(N)cc1F. The van der Waals surface area contributed by atoms with Crippen molar-refractivity contribution in [3.8, 4) is 11.3 Å². The number of nitrogens with zero attached hydrogens (tertiary/aromatic N) is 1. The van der Waals surface area contributed by atoms with Crippen molar-refractivity contribution in [2.45, 2.75) is 13.8 Å². The molecule has 1 heterocycles. The van der Waals surface area contributed by atoms with Gasteiger partial charge in [-0.15, -0.1) is 0 Å². The number of allylic oxidation sites excluding steroid dienone is 4. The molecule has 1 aromatic carbocycles. The third-order valence-corrected chi connectivity index (χ3v) is 3.34. The van der Waals surface area contributed by atoms with E-state index in [0.717, 1.165) is 23.3 Å². The Morgan fingerprint density at radius 2 is 1.81 bits per heavy atom. The average molecular weight is 288 g/mol. The van der Waals surface area contributed by atoms with Crippen molar-refractivity contribution in [1.82, 2.24) is 4.57 Å². The predicted octanol–water partition coefficient (Wildman–Crippen LogP) is 4.53. The maximum absolute atomic E-state index is 14.2. The third kappa shape index (κ3) is 2.75. The maximum atomic E-state index is 14.2.